The molecule has 1 aromatic carbocycles. The number of carboxylic acid groups (broad SMARTS) is 1. The fourth-order valence-corrected chi connectivity index (χ4v) is 1.82. The van der Waals surface area contributed by atoms with E-state index in [1.54, 1.807) is 13.0 Å². The summed E-state index contributed by atoms with van der Waals surface area (Å²) in [6.07, 6.45) is 0. The Labute approximate surface area is 119 Å². The lowest BCUT2D eigenvalue weighted by Gasteiger charge is -2.20. The lowest BCUT2D eigenvalue weighted by molar-refractivity contribution is 0.0697. The van der Waals surface area contributed by atoms with Crippen molar-refractivity contribution >= 4 is 33.6 Å². The molecule has 1 aromatic rings. The maximum atomic E-state index is 11.9. The molecule has 0 unspecified atom stereocenters. The van der Waals surface area contributed by atoms with Gasteiger partial charge in [-0.05, 0) is 41.1 Å². The molecule has 0 heterocycles. The number of aliphatic hydroxyl groups excluding tert-OH is 1. The van der Waals surface area contributed by atoms with Gasteiger partial charge >= 0.3 is 12.0 Å². The van der Waals surface area contributed by atoms with E-state index in [-0.39, 0.29) is 24.7 Å². The van der Waals surface area contributed by atoms with Gasteiger partial charge in [-0.3, -0.25) is 0 Å². The van der Waals surface area contributed by atoms with E-state index in [1.165, 1.54) is 17.0 Å². The van der Waals surface area contributed by atoms with Crippen molar-refractivity contribution in [3.63, 3.8) is 0 Å². The van der Waals surface area contributed by atoms with Crippen LogP contribution in [0.2, 0.25) is 0 Å². The van der Waals surface area contributed by atoms with Gasteiger partial charge in [0.15, 0.2) is 0 Å². The minimum atomic E-state index is -1.06. The van der Waals surface area contributed by atoms with E-state index in [9.17, 15) is 9.59 Å². The van der Waals surface area contributed by atoms with Crippen molar-refractivity contribution < 1.29 is 19.8 Å². The van der Waals surface area contributed by atoms with Crippen LogP contribution in [0.3, 0.4) is 0 Å². The SMILES string of the molecule is CCN(CCO)C(=O)Nc1cc(C(=O)O)ccc1Br. The van der Waals surface area contributed by atoms with Crippen molar-refractivity contribution in [1.29, 1.82) is 0 Å². The highest BCUT2D eigenvalue weighted by Gasteiger charge is 2.14. The summed E-state index contributed by atoms with van der Waals surface area (Å²) in [5, 5.41) is 20.4. The second-order valence-electron chi connectivity index (χ2n) is 3.73. The van der Waals surface area contributed by atoms with Gasteiger partial charge in [0.2, 0.25) is 0 Å². The molecule has 1 rings (SSSR count). The Morgan fingerprint density at radius 3 is 2.63 bits per heavy atom. The quantitative estimate of drug-likeness (QED) is 0.770. The molecule has 0 saturated carbocycles. The number of amides is 2. The van der Waals surface area contributed by atoms with Crippen LogP contribution in [-0.4, -0.2) is 46.8 Å². The van der Waals surface area contributed by atoms with Crippen LogP contribution in [0.1, 0.15) is 17.3 Å². The molecule has 2 amide bonds. The average molecular weight is 331 g/mol. The number of anilines is 1. The molecule has 0 saturated heterocycles. The summed E-state index contributed by atoms with van der Waals surface area (Å²) in [7, 11) is 0. The average Bonchev–Trinajstić information content (AvgIpc) is 2.38. The zero-order valence-corrected chi connectivity index (χ0v) is 12.0. The molecule has 0 fully saturated rings. The lowest BCUT2D eigenvalue weighted by atomic mass is 10.2. The number of carboxylic acids is 1. The third kappa shape index (κ3) is 4.22. The van der Waals surface area contributed by atoms with Crippen LogP contribution in [0.5, 0.6) is 0 Å². The topological polar surface area (TPSA) is 89.9 Å². The van der Waals surface area contributed by atoms with Crippen LogP contribution in [0.15, 0.2) is 22.7 Å². The van der Waals surface area contributed by atoms with Crippen LogP contribution in [0, 0.1) is 0 Å². The van der Waals surface area contributed by atoms with Gasteiger partial charge in [-0.15, -0.1) is 0 Å². The van der Waals surface area contributed by atoms with Gasteiger partial charge in [0.1, 0.15) is 0 Å². The largest absolute Gasteiger partial charge is 0.478 e. The molecule has 0 spiro atoms. The molecular weight excluding hydrogens is 316 g/mol. The summed E-state index contributed by atoms with van der Waals surface area (Å²) in [4.78, 5) is 24.2. The lowest BCUT2D eigenvalue weighted by Crippen LogP contribution is -2.36. The standard InChI is InChI=1S/C12H15BrN2O4/c1-2-15(5-6-16)12(19)14-10-7-8(11(17)18)3-4-9(10)13/h3-4,7,16H,2,5-6H2,1H3,(H,14,19)(H,17,18). The Bertz CT molecular complexity index is 479. The number of nitrogens with zero attached hydrogens (tertiary/aromatic N) is 1. The number of benzene rings is 1. The van der Waals surface area contributed by atoms with E-state index in [2.05, 4.69) is 21.2 Å². The molecule has 6 nitrogen and oxygen atoms in total. The predicted octanol–water partition coefficient (Wildman–Crippen LogP) is 1.99. The van der Waals surface area contributed by atoms with Gasteiger partial charge in [-0.2, -0.15) is 0 Å². The number of carbonyl (C=O) groups is 2. The Kier molecular flexibility index (Phi) is 5.78. The molecular formula is C12H15BrN2O4. The predicted molar refractivity (Wildman–Crippen MR) is 74.5 cm³/mol. The summed E-state index contributed by atoms with van der Waals surface area (Å²) >= 11 is 3.24. The van der Waals surface area contributed by atoms with Gasteiger partial charge < -0.3 is 20.4 Å². The summed E-state index contributed by atoms with van der Waals surface area (Å²) in [6.45, 7) is 2.33. The van der Waals surface area contributed by atoms with Crippen molar-refractivity contribution in [2.75, 3.05) is 25.0 Å². The fraction of sp³-hybridized carbons (Fsp3) is 0.333. The number of aliphatic hydroxyl groups is 1. The van der Waals surface area contributed by atoms with E-state index in [0.717, 1.165) is 0 Å². The second-order valence-corrected chi connectivity index (χ2v) is 4.59. The molecule has 3 N–H and O–H groups in total. The van der Waals surface area contributed by atoms with Gasteiger partial charge in [0, 0.05) is 17.6 Å². The minimum Gasteiger partial charge on any atom is -0.478 e. The second kappa shape index (κ2) is 7.10. The number of hydrogen-bond acceptors (Lipinski definition) is 3. The van der Waals surface area contributed by atoms with Crippen molar-refractivity contribution in [3.05, 3.63) is 28.2 Å². The van der Waals surface area contributed by atoms with Crippen LogP contribution >= 0.6 is 15.9 Å². The summed E-state index contributed by atoms with van der Waals surface area (Å²) < 4.78 is 0.589. The normalized spacial score (nSPS) is 10.1. The molecule has 0 aliphatic carbocycles. The van der Waals surface area contributed by atoms with Crippen LogP contribution < -0.4 is 5.32 Å². The maximum absolute atomic E-state index is 11.9. The van der Waals surface area contributed by atoms with Gasteiger partial charge in [0.05, 0.1) is 17.9 Å². The van der Waals surface area contributed by atoms with Crippen LogP contribution in [0.4, 0.5) is 10.5 Å². The first kappa shape index (κ1) is 15.5. The fourth-order valence-electron chi connectivity index (χ4n) is 1.47. The highest BCUT2D eigenvalue weighted by atomic mass is 79.9. The smallest absolute Gasteiger partial charge is 0.335 e. The molecule has 0 bridgehead atoms. The molecule has 0 radical (unpaired) electrons. The number of rotatable bonds is 5. The number of hydrogen-bond donors (Lipinski definition) is 3. The molecule has 19 heavy (non-hydrogen) atoms. The molecule has 0 aliphatic heterocycles. The van der Waals surface area contributed by atoms with Crippen molar-refractivity contribution in [1.82, 2.24) is 4.90 Å². The van der Waals surface area contributed by atoms with E-state index in [0.29, 0.717) is 16.7 Å². The zero-order valence-electron chi connectivity index (χ0n) is 10.4. The molecule has 0 atom stereocenters. The van der Waals surface area contributed by atoms with Crippen LogP contribution in [0.25, 0.3) is 0 Å². The van der Waals surface area contributed by atoms with E-state index >= 15 is 0 Å². The highest BCUT2D eigenvalue weighted by Crippen LogP contribution is 2.24. The Morgan fingerprint density at radius 1 is 1.42 bits per heavy atom. The van der Waals surface area contributed by atoms with Gasteiger partial charge in [-0.25, -0.2) is 9.59 Å². The Morgan fingerprint density at radius 2 is 2.11 bits per heavy atom. The number of aromatic carboxylic acids is 1. The van der Waals surface area contributed by atoms with Crippen LogP contribution in [-0.2, 0) is 0 Å². The number of urea groups is 1. The maximum Gasteiger partial charge on any atom is 0.335 e. The summed E-state index contributed by atoms with van der Waals surface area (Å²) in [5.41, 5.74) is 0.463. The summed E-state index contributed by atoms with van der Waals surface area (Å²) in [5.74, 6) is -1.06. The summed E-state index contributed by atoms with van der Waals surface area (Å²) in [6, 6.07) is 3.98. The Hall–Kier alpha value is -1.60. The Balaban J connectivity index is 2.89. The third-order valence-electron chi connectivity index (χ3n) is 2.49. The number of nitrogens with one attached hydrogen (secondary N) is 1. The number of carbonyl (C=O) groups excluding carboxylic acids is 1. The van der Waals surface area contributed by atoms with E-state index < -0.39 is 5.97 Å². The first-order valence-corrected chi connectivity index (χ1v) is 6.48. The van der Waals surface area contributed by atoms with E-state index in [4.69, 9.17) is 10.2 Å². The number of likely N-dealkylation sites (N-methyl/N-ethyl adjacent to an activating group) is 1. The first-order chi connectivity index (χ1) is 8.99. The third-order valence-corrected chi connectivity index (χ3v) is 3.19. The van der Waals surface area contributed by atoms with E-state index in [1.807, 2.05) is 0 Å². The minimum absolute atomic E-state index is 0.0868. The number of halogens is 1. The highest BCUT2D eigenvalue weighted by molar-refractivity contribution is 9.10. The molecule has 0 aliphatic rings. The molecule has 7 heteroatoms. The van der Waals surface area contributed by atoms with Crippen molar-refractivity contribution in [2.24, 2.45) is 0 Å². The molecule has 104 valence electrons. The van der Waals surface area contributed by atoms with Gasteiger partial charge in [0.25, 0.3) is 0 Å². The van der Waals surface area contributed by atoms with Gasteiger partial charge in [-0.1, -0.05) is 0 Å². The zero-order chi connectivity index (χ0) is 14.4. The van der Waals surface area contributed by atoms with Crippen molar-refractivity contribution in [3.8, 4) is 0 Å². The first-order valence-electron chi connectivity index (χ1n) is 5.69. The molecule has 0 aromatic heterocycles. The van der Waals surface area contributed by atoms with Crippen molar-refractivity contribution in [2.45, 2.75) is 6.92 Å². The monoisotopic (exact) mass is 330 g/mol.